The van der Waals surface area contributed by atoms with Gasteiger partial charge in [0.15, 0.2) is 0 Å². The molecule has 0 atom stereocenters. The van der Waals surface area contributed by atoms with Gasteiger partial charge in [0.1, 0.15) is 10.6 Å². The highest BCUT2D eigenvalue weighted by atomic mass is 32.1. The topological polar surface area (TPSA) is 82.2 Å². The van der Waals surface area contributed by atoms with E-state index in [0.29, 0.717) is 31.9 Å². The number of carbonyl (C=O) groups is 2. The van der Waals surface area contributed by atoms with E-state index in [1.54, 1.807) is 11.3 Å². The standard InChI is InChI=1S/C26H27N5O2S2/c1-15-23(35-16(2)27-15)26(33)30-10-7-17(8-11-30)24-29-22(14-34-24)25(32)31-12-9-19-18-5-3-4-6-20(18)28-21(19)13-31/h3-6,14,17,28H,7-13H2,1-2H3. The van der Waals surface area contributed by atoms with Crippen molar-refractivity contribution in [2.45, 2.75) is 45.6 Å². The molecule has 6 rings (SSSR count). The van der Waals surface area contributed by atoms with Crippen molar-refractivity contribution in [3.63, 3.8) is 0 Å². The van der Waals surface area contributed by atoms with Gasteiger partial charge in [-0.25, -0.2) is 9.97 Å². The monoisotopic (exact) mass is 505 g/mol. The Hall–Kier alpha value is -3.04. The lowest BCUT2D eigenvalue weighted by atomic mass is 9.97. The van der Waals surface area contributed by atoms with Crippen LogP contribution in [-0.2, 0) is 13.0 Å². The average Bonchev–Trinajstić information content (AvgIpc) is 3.59. The molecule has 2 aliphatic rings. The van der Waals surface area contributed by atoms with Crippen LogP contribution in [0.25, 0.3) is 10.9 Å². The molecule has 4 aromatic rings. The summed E-state index contributed by atoms with van der Waals surface area (Å²) in [4.78, 5) is 43.4. The van der Waals surface area contributed by atoms with Crippen molar-refractivity contribution in [3.05, 3.63) is 67.2 Å². The molecule has 2 amide bonds. The number of rotatable bonds is 3. The molecule has 0 spiro atoms. The summed E-state index contributed by atoms with van der Waals surface area (Å²) in [5, 5.41) is 5.10. The largest absolute Gasteiger partial charge is 0.357 e. The van der Waals surface area contributed by atoms with E-state index >= 15 is 0 Å². The molecule has 7 nitrogen and oxygen atoms in total. The van der Waals surface area contributed by atoms with Gasteiger partial charge in [-0.1, -0.05) is 18.2 Å². The second-order valence-electron chi connectivity index (χ2n) is 9.39. The van der Waals surface area contributed by atoms with Crippen LogP contribution in [0, 0.1) is 13.8 Å². The molecule has 180 valence electrons. The van der Waals surface area contributed by atoms with Gasteiger partial charge in [0.25, 0.3) is 11.8 Å². The summed E-state index contributed by atoms with van der Waals surface area (Å²) in [7, 11) is 0. The lowest BCUT2D eigenvalue weighted by Gasteiger charge is -2.31. The van der Waals surface area contributed by atoms with Gasteiger partial charge in [-0.15, -0.1) is 22.7 Å². The minimum Gasteiger partial charge on any atom is -0.357 e. The molecular weight excluding hydrogens is 478 g/mol. The molecule has 1 saturated heterocycles. The quantitative estimate of drug-likeness (QED) is 0.429. The molecule has 35 heavy (non-hydrogen) atoms. The molecule has 0 saturated carbocycles. The molecule has 0 aliphatic carbocycles. The summed E-state index contributed by atoms with van der Waals surface area (Å²) in [6.07, 6.45) is 2.59. The van der Waals surface area contributed by atoms with Gasteiger partial charge >= 0.3 is 0 Å². The first kappa shape index (κ1) is 22.4. The van der Waals surface area contributed by atoms with Gasteiger partial charge in [0.2, 0.25) is 0 Å². The minimum atomic E-state index is 0.000426. The van der Waals surface area contributed by atoms with Crippen LogP contribution in [0.3, 0.4) is 0 Å². The highest BCUT2D eigenvalue weighted by Gasteiger charge is 2.30. The van der Waals surface area contributed by atoms with Gasteiger partial charge in [-0.2, -0.15) is 0 Å². The van der Waals surface area contributed by atoms with E-state index in [2.05, 4.69) is 28.2 Å². The highest BCUT2D eigenvalue weighted by Crippen LogP contribution is 2.33. The number of para-hydroxylation sites is 1. The number of likely N-dealkylation sites (tertiary alicyclic amines) is 1. The molecule has 3 aromatic heterocycles. The van der Waals surface area contributed by atoms with E-state index in [1.807, 2.05) is 35.1 Å². The molecule has 0 unspecified atom stereocenters. The Balaban J connectivity index is 1.10. The van der Waals surface area contributed by atoms with Crippen molar-refractivity contribution in [3.8, 4) is 0 Å². The third-order valence-electron chi connectivity index (χ3n) is 7.14. The Morgan fingerprint density at radius 2 is 1.83 bits per heavy atom. The molecule has 2 aliphatic heterocycles. The fourth-order valence-corrected chi connectivity index (χ4v) is 7.16. The fraction of sp³-hybridized carbons (Fsp3) is 0.385. The number of piperidine rings is 1. The number of aromatic amines is 1. The van der Waals surface area contributed by atoms with E-state index in [4.69, 9.17) is 4.98 Å². The number of carbonyl (C=O) groups excluding carboxylic acids is 2. The number of fused-ring (bicyclic) bond motifs is 3. The lowest BCUT2D eigenvalue weighted by Crippen LogP contribution is -2.38. The maximum absolute atomic E-state index is 13.3. The number of nitrogens with zero attached hydrogens (tertiary/aromatic N) is 4. The van der Waals surface area contributed by atoms with Crippen LogP contribution >= 0.6 is 22.7 Å². The van der Waals surface area contributed by atoms with Crippen LogP contribution in [-0.4, -0.2) is 56.2 Å². The number of aromatic nitrogens is 3. The van der Waals surface area contributed by atoms with Crippen LogP contribution in [0.2, 0.25) is 0 Å². The number of benzene rings is 1. The summed E-state index contributed by atoms with van der Waals surface area (Å²) in [5.41, 5.74) is 4.95. The van der Waals surface area contributed by atoms with E-state index in [0.717, 1.165) is 51.1 Å². The number of hydrogen-bond donors (Lipinski definition) is 1. The molecule has 9 heteroatoms. The van der Waals surface area contributed by atoms with Gasteiger partial charge in [0.05, 0.1) is 22.3 Å². The van der Waals surface area contributed by atoms with Gasteiger partial charge in [0, 0.05) is 47.5 Å². The second-order valence-corrected chi connectivity index (χ2v) is 11.5. The molecule has 1 aromatic carbocycles. The first-order chi connectivity index (χ1) is 17.0. The average molecular weight is 506 g/mol. The van der Waals surface area contributed by atoms with Crippen molar-refractivity contribution >= 4 is 45.4 Å². The summed E-state index contributed by atoms with van der Waals surface area (Å²) in [5.74, 6) is 0.375. The Bertz CT molecular complexity index is 1430. The lowest BCUT2D eigenvalue weighted by molar-refractivity contribution is 0.0716. The SMILES string of the molecule is Cc1nc(C)c(C(=O)N2CCC(c3nc(C(=O)N4CCc5c([nH]c6ccccc56)C4)cs3)CC2)s1. The number of H-pyrrole nitrogens is 1. The highest BCUT2D eigenvalue weighted by molar-refractivity contribution is 7.13. The molecule has 1 fully saturated rings. The number of hydrogen-bond acceptors (Lipinski definition) is 6. The fourth-order valence-electron chi connectivity index (χ4n) is 5.30. The summed E-state index contributed by atoms with van der Waals surface area (Å²) < 4.78 is 0. The van der Waals surface area contributed by atoms with E-state index in [9.17, 15) is 9.59 Å². The zero-order valence-corrected chi connectivity index (χ0v) is 21.5. The zero-order valence-electron chi connectivity index (χ0n) is 19.8. The van der Waals surface area contributed by atoms with Crippen LogP contribution < -0.4 is 0 Å². The predicted octanol–water partition coefficient (Wildman–Crippen LogP) is 4.92. The normalized spacial score (nSPS) is 16.6. The molecule has 0 radical (unpaired) electrons. The smallest absolute Gasteiger partial charge is 0.273 e. The van der Waals surface area contributed by atoms with E-state index < -0.39 is 0 Å². The van der Waals surface area contributed by atoms with Gasteiger partial charge < -0.3 is 14.8 Å². The third-order valence-corrected chi connectivity index (χ3v) is 9.21. The van der Waals surface area contributed by atoms with Crippen molar-refractivity contribution in [2.24, 2.45) is 0 Å². The third kappa shape index (κ3) is 4.06. The molecule has 1 N–H and O–H groups in total. The minimum absolute atomic E-state index is 0.000426. The molecular formula is C26H27N5O2S2. The maximum Gasteiger partial charge on any atom is 0.273 e. The van der Waals surface area contributed by atoms with Crippen molar-refractivity contribution in [2.75, 3.05) is 19.6 Å². The van der Waals surface area contributed by atoms with E-state index in [1.165, 1.54) is 22.3 Å². The molecule has 0 bridgehead atoms. The van der Waals surface area contributed by atoms with Crippen LogP contribution in [0.1, 0.15) is 65.9 Å². The Morgan fingerprint density at radius 1 is 1.03 bits per heavy atom. The van der Waals surface area contributed by atoms with Gasteiger partial charge in [-0.3, -0.25) is 9.59 Å². The van der Waals surface area contributed by atoms with Crippen LogP contribution in [0.5, 0.6) is 0 Å². The zero-order chi connectivity index (χ0) is 24.1. The number of aryl methyl sites for hydroxylation is 2. The summed E-state index contributed by atoms with van der Waals surface area (Å²) >= 11 is 3.04. The second kappa shape index (κ2) is 8.87. The van der Waals surface area contributed by atoms with Gasteiger partial charge in [-0.05, 0) is 44.7 Å². The summed E-state index contributed by atoms with van der Waals surface area (Å²) in [6.45, 7) is 6.55. The summed E-state index contributed by atoms with van der Waals surface area (Å²) in [6, 6.07) is 8.33. The molecule has 5 heterocycles. The number of thiazole rings is 2. The van der Waals surface area contributed by atoms with Crippen molar-refractivity contribution in [1.29, 1.82) is 0 Å². The van der Waals surface area contributed by atoms with Crippen LogP contribution in [0.4, 0.5) is 0 Å². The van der Waals surface area contributed by atoms with E-state index in [-0.39, 0.29) is 17.7 Å². The van der Waals surface area contributed by atoms with Crippen molar-refractivity contribution < 1.29 is 9.59 Å². The number of amides is 2. The van der Waals surface area contributed by atoms with Crippen LogP contribution in [0.15, 0.2) is 29.6 Å². The maximum atomic E-state index is 13.3. The first-order valence-electron chi connectivity index (χ1n) is 12.0. The number of nitrogens with one attached hydrogen (secondary N) is 1. The predicted molar refractivity (Wildman–Crippen MR) is 138 cm³/mol. The Labute approximate surface area is 211 Å². The first-order valence-corrected chi connectivity index (χ1v) is 13.7. The Kier molecular flexibility index (Phi) is 5.69. The van der Waals surface area contributed by atoms with Crippen molar-refractivity contribution in [1.82, 2.24) is 24.8 Å². The Morgan fingerprint density at radius 3 is 2.60 bits per heavy atom.